The summed E-state index contributed by atoms with van der Waals surface area (Å²) in [4.78, 5) is 11.2. The summed E-state index contributed by atoms with van der Waals surface area (Å²) in [6.07, 6.45) is 0. The van der Waals surface area contributed by atoms with Gasteiger partial charge in [0.25, 0.3) is 0 Å². The van der Waals surface area contributed by atoms with Gasteiger partial charge in [-0.1, -0.05) is 26.0 Å². The van der Waals surface area contributed by atoms with Crippen LogP contribution >= 0.6 is 0 Å². The van der Waals surface area contributed by atoms with Crippen LogP contribution in [0.4, 0.5) is 11.6 Å². The second-order valence-electron chi connectivity index (χ2n) is 4.85. The molecule has 2 rings (SSSR count). The Balaban J connectivity index is 2.45. The normalized spacial score (nSPS) is 11.1. The van der Waals surface area contributed by atoms with Crippen molar-refractivity contribution >= 4 is 22.7 Å². The van der Waals surface area contributed by atoms with E-state index < -0.39 is 0 Å². The van der Waals surface area contributed by atoms with Gasteiger partial charge in [0.1, 0.15) is 0 Å². The Morgan fingerprint density at radius 3 is 2.33 bits per heavy atom. The molecule has 4 nitrogen and oxygen atoms in total. The fraction of sp³-hybridized carbons (Fsp3) is 0.429. The minimum Gasteiger partial charge on any atom is -0.381 e. The minimum absolute atomic E-state index is 0.510. The van der Waals surface area contributed by atoms with E-state index in [-0.39, 0.29) is 0 Å². The molecule has 1 heterocycles. The van der Waals surface area contributed by atoms with Crippen LogP contribution in [0.2, 0.25) is 0 Å². The van der Waals surface area contributed by atoms with Gasteiger partial charge in [0, 0.05) is 13.1 Å². The molecule has 96 valence electrons. The average molecular weight is 244 g/mol. The van der Waals surface area contributed by atoms with Crippen molar-refractivity contribution in [3.05, 3.63) is 24.3 Å². The number of para-hydroxylation sites is 2. The highest BCUT2D eigenvalue weighted by Gasteiger charge is 2.13. The maximum absolute atomic E-state index is 6.02. The van der Waals surface area contributed by atoms with Gasteiger partial charge < -0.3 is 10.6 Å². The van der Waals surface area contributed by atoms with Crippen LogP contribution in [0.1, 0.15) is 20.8 Å². The maximum Gasteiger partial charge on any atom is 0.172 e. The van der Waals surface area contributed by atoms with Crippen molar-refractivity contribution in [2.75, 3.05) is 23.7 Å². The van der Waals surface area contributed by atoms with E-state index in [1.807, 2.05) is 24.3 Å². The molecule has 0 spiro atoms. The third-order valence-corrected chi connectivity index (χ3v) is 2.84. The first-order valence-electron chi connectivity index (χ1n) is 6.39. The van der Waals surface area contributed by atoms with Crippen LogP contribution in [-0.2, 0) is 0 Å². The summed E-state index contributed by atoms with van der Waals surface area (Å²) in [5.74, 6) is 1.87. The van der Waals surface area contributed by atoms with Gasteiger partial charge >= 0.3 is 0 Å². The van der Waals surface area contributed by atoms with Gasteiger partial charge in [-0.3, -0.25) is 0 Å². The topological polar surface area (TPSA) is 55.0 Å². The quantitative estimate of drug-likeness (QED) is 0.898. The summed E-state index contributed by atoms with van der Waals surface area (Å²) in [5.41, 5.74) is 7.76. The molecular formula is C14H20N4. The molecule has 0 aliphatic heterocycles. The fourth-order valence-electron chi connectivity index (χ4n) is 2.04. The molecule has 0 fully saturated rings. The Hall–Kier alpha value is -1.84. The van der Waals surface area contributed by atoms with Crippen molar-refractivity contribution in [1.29, 1.82) is 0 Å². The minimum atomic E-state index is 0.510. The summed E-state index contributed by atoms with van der Waals surface area (Å²) >= 11 is 0. The highest BCUT2D eigenvalue weighted by molar-refractivity contribution is 5.79. The number of rotatable bonds is 4. The van der Waals surface area contributed by atoms with Crippen LogP contribution in [0.25, 0.3) is 11.0 Å². The summed E-state index contributed by atoms with van der Waals surface area (Å²) in [7, 11) is 0. The fourth-order valence-corrected chi connectivity index (χ4v) is 2.04. The van der Waals surface area contributed by atoms with Gasteiger partial charge in [0.15, 0.2) is 11.6 Å². The average Bonchev–Trinajstić information content (AvgIpc) is 2.35. The van der Waals surface area contributed by atoms with Crippen LogP contribution in [-0.4, -0.2) is 23.1 Å². The third kappa shape index (κ3) is 2.53. The smallest absolute Gasteiger partial charge is 0.172 e. The van der Waals surface area contributed by atoms with Crippen LogP contribution in [0.3, 0.4) is 0 Å². The largest absolute Gasteiger partial charge is 0.381 e. The van der Waals surface area contributed by atoms with Gasteiger partial charge in [0.05, 0.1) is 11.0 Å². The van der Waals surface area contributed by atoms with Crippen LogP contribution in [0.15, 0.2) is 24.3 Å². The van der Waals surface area contributed by atoms with E-state index in [0.29, 0.717) is 11.7 Å². The number of hydrogen-bond acceptors (Lipinski definition) is 4. The molecule has 2 N–H and O–H groups in total. The molecule has 0 aliphatic carbocycles. The van der Waals surface area contributed by atoms with Crippen molar-refractivity contribution in [2.45, 2.75) is 20.8 Å². The van der Waals surface area contributed by atoms with E-state index in [2.05, 4.69) is 35.6 Å². The van der Waals surface area contributed by atoms with E-state index >= 15 is 0 Å². The second kappa shape index (κ2) is 5.21. The number of nitrogens with two attached hydrogens (primary N) is 1. The van der Waals surface area contributed by atoms with E-state index in [4.69, 9.17) is 5.73 Å². The lowest BCUT2D eigenvalue weighted by Gasteiger charge is -2.24. The Bertz CT molecular complexity index is 536. The number of nitrogen functional groups attached to an aromatic ring is 1. The molecule has 18 heavy (non-hydrogen) atoms. The van der Waals surface area contributed by atoms with Crippen molar-refractivity contribution in [3.63, 3.8) is 0 Å². The molecule has 0 saturated heterocycles. The van der Waals surface area contributed by atoms with Gasteiger partial charge in [-0.25, -0.2) is 9.97 Å². The van der Waals surface area contributed by atoms with Gasteiger partial charge in [-0.15, -0.1) is 0 Å². The van der Waals surface area contributed by atoms with Gasteiger partial charge in [0.2, 0.25) is 0 Å². The van der Waals surface area contributed by atoms with Crippen molar-refractivity contribution in [3.8, 4) is 0 Å². The number of fused-ring (bicyclic) bond motifs is 1. The van der Waals surface area contributed by atoms with Crippen molar-refractivity contribution in [1.82, 2.24) is 9.97 Å². The molecule has 4 heteroatoms. The van der Waals surface area contributed by atoms with Gasteiger partial charge in [-0.05, 0) is 25.0 Å². The van der Waals surface area contributed by atoms with E-state index in [0.717, 1.165) is 29.9 Å². The molecule has 0 atom stereocenters. The zero-order valence-electron chi connectivity index (χ0n) is 11.2. The molecule has 1 aromatic heterocycles. The zero-order valence-corrected chi connectivity index (χ0v) is 11.2. The number of anilines is 2. The molecule has 1 aromatic carbocycles. The Labute approximate surface area is 108 Å². The molecule has 0 saturated carbocycles. The van der Waals surface area contributed by atoms with Crippen LogP contribution < -0.4 is 10.6 Å². The molecule has 0 aliphatic rings. The zero-order chi connectivity index (χ0) is 13.1. The highest BCUT2D eigenvalue weighted by Crippen LogP contribution is 2.22. The Morgan fingerprint density at radius 2 is 1.78 bits per heavy atom. The first-order chi connectivity index (χ1) is 8.61. The number of hydrogen-bond donors (Lipinski definition) is 1. The molecule has 0 amide bonds. The van der Waals surface area contributed by atoms with E-state index in [1.54, 1.807) is 0 Å². The molecule has 2 aromatic rings. The Morgan fingerprint density at radius 1 is 1.17 bits per heavy atom. The van der Waals surface area contributed by atoms with E-state index in [9.17, 15) is 0 Å². The summed E-state index contributed by atoms with van der Waals surface area (Å²) in [6, 6.07) is 7.81. The number of nitrogens with zero attached hydrogens (tertiary/aromatic N) is 3. The molecular weight excluding hydrogens is 224 g/mol. The lowest BCUT2D eigenvalue weighted by Crippen LogP contribution is -2.29. The highest BCUT2D eigenvalue weighted by atomic mass is 15.2. The van der Waals surface area contributed by atoms with Crippen LogP contribution in [0.5, 0.6) is 0 Å². The molecule has 0 bridgehead atoms. The van der Waals surface area contributed by atoms with Crippen molar-refractivity contribution < 1.29 is 0 Å². The summed E-state index contributed by atoms with van der Waals surface area (Å²) < 4.78 is 0. The SMILES string of the molecule is CCN(CC(C)C)c1nc2ccccc2nc1N. The standard InChI is InChI=1S/C14H20N4/c1-4-18(9-10(2)3)14-13(15)16-11-7-5-6-8-12(11)17-14/h5-8,10H,4,9H2,1-3H3,(H2,15,16). The van der Waals surface area contributed by atoms with Gasteiger partial charge in [-0.2, -0.15) is 0 Å². The second-order valence-corrected chi connectivity index (χ2v) is 4.85. The first-order valence-corrected chi connectivity index (χ1v) is 6.39. The number of benzene rings is 1. The number of aromatic nitrogens is 2. The lowest BCUT2D eigenvalue weighted by molar-refractivity contribution is 0.615. The summed E-state index contributed by atoms with van der Waals surface area (Å²) in [6.45, 7) is 8.31. The Kier molecular flexibility index (Phi) is 3.65. The lowest BCUT2D eigenvalue weighted by atomic mass is 10.2. The van der Waals surface area contributed by atoms with Crippen molar-refractivity contribution in [2.24, 2.45) is 5.92 Å². The predicted octanol–water partition coefficient (Wildman–Crippen LogP) is 2.69. The molecule has 0 radical (unpaired) electrons. The predicted molar refractivity (Wildman–Crippen MR) is 76.7 cm³/mol. The van der Waals surface area contributed by atoms with Crippen LogP contribution in [0, 0.1) is 5.92 Å². The first kappa shape index (κ1) is 12.6. The summed E-state index contributed by atoms with van der Waals surface area (Å²) in [5, 5.41) is 0. The third-order valence-electron chi connectivity index (χ3n) is 2.84. The van der Waals surface area contributed by atoms with E-state index in [1.165, 1.54) is 0 Å². The maximum atomic E-state index is 6.02. The monoisotopic (exact) mass is 244 g/mol. The molecule has 0 unspecified atom stereocenters.